The zero-order valence-corrected chi connectivity index (χ0v) is 9.11. The van der Waals surface area contributed by atoms with Crippen molar-refractivity contribution in [3.63, 3.8) is 0 Å². The Bertz CT molecular complexity index is 266. The molecule has 1 nitrogen and oxygen atoms in total. The average molecular weight is 189 g/mol. The molecule has 0 bridgehead atoms. The van der Waals surface area contributed by atoms with Gasteiger partial charge in [-0.25, -0.2) is 0 Å². The summed E-state index contributed by atoms with van der Waals surface area (Å²) in [6.07, 6.45) is 2.00. The second-order valence-corrected chi connectivity index (χ2v) is 3.90. The van der Waals surface area contributed by atoms with Gasteiger partial charge in [0.25, 0.3) is 0 Å². The van der Waals surface area contributed by atoms with E-state index >= 15 is 0 Å². The van der Waals surface area contributed by atoms with Crippen molar-refractivity contribution >= 4 is 0 Å². The van der Waals surface area contributed by atoms with Crippen LogP contribution in [0.5, 0.6) is 0 Å². The lowest BCUT2D eigenvalue weighted by Crippen LogP contribution is -2.22. The van der Waals surface area contributed by atoms with Gasteiger partial charge in [-0.1, -0.05) is 43.3 Å². The Hall–Kier alpha value is -1.08. The Kier molecular flexibility index (Phi) is 4.41. The Labute approximate surface area is 87.1 Å². The summed E-state index contributed by atoms with van der Waals surface area (Å²) in [5.41, 5.74) is 1.37. The van der Waals surface area contributed by atoms with Gasteiger partial charge in [-0.2, -0.15) is 0 Å². The van der Waals surface area contributed by atoms with Crippen LogP contribution in [-0.4, -0.2) is 18.5 Å². The first-order chi connectivity index (χ1) is 6.72. The van der Waals surface area contributed by atoms with Gasteiger partial charge >= 0.3 is 0 Å². The number of rotatable bonds is 5. The van der Waals surface area contributed by atoms with Crippen molar-refractivity contribution < 1.29 is 0 Å². The normalized spacial score (nSPS) is 12.8. The maximum absolute atomic E-state index is 3.79. The summed E-state index contributed by atoms with van der Waals surface area (Å²) < 4.78 is 0. The topological polar surface area (TPSA) is 3.24 Å². The van der Waals surface area contributed by atoms with Crippen LogP contribution in [0, 0.1) is 5.92 Å². The lowest BCUT2D eigenvalue weighted by molar-refractivity contribution is 0.300. The van der Waals surface area contributed by atoms with Crippen LogP contribution in [0.1, 0.15) is 12.5 Å². The second-order valence-electron chi connectivity index (χ2n) is 3.90. The van der Waals surface area contributed by atoms with E-state index in [4.69, 9.17) is 0 Å². The standard InChI is InChI=1S/C13H19N/c1-4-12(2)10-14(3)11-13-8-6-5-7-9-13/h4-9,12H,1,10-11H2,2-3H3. The van der Waals surface area contributed by atoms with Gasteiger partial charge in [0, 0.05) is 13.1 Å². The number of nitrogens with zero attached hydrogens (tertiary/aromatic N) is 1. The molecule has 0 amide bonds. The van der Waals surface area contributed by atoms with Gasteiger partial charge in [-0.15, -0.1) is 6.58 Å². The van der Waals surface area contributed by atoms with Crippen molar-refractivity contribution in [1.82, 2.24) is 4.90 Å². The van der Waals surface area contributed by atoms with E-state index in [9.17, 15) is 0 Å². The molecular formula is C13H19N. The predicted octanol–water partition coefficient (Wildman–Crippen LogP) is 2.94. The quantitative estimate of drug-likeness (QED) is 0.644. The van der Waals surface area contributed by atoms with E-state index < -0.39 is 0 Å². The van der Waals surface area contributed by atoms with Crippen molar-refractivity contribution in [2.45, 2.75) is 13.5 Å². The lowest BCUT2D eigenvalue weighted by Gasteiger charge is -2.19. The maximum Gasteiger partial charge on any atom is 0.0230 e. The van der Waals surface area contributed by atoms with Crippen LogP contribution in [0.4, 0.5) is 0 Å². The zero-order chi connectivity index (χ0) is 10.4. The molecule has 0 saturated heterocycles. The second kappa shape index (κ2) is 5.61. The molecule has 1 aromatic carbocycles. The molecule has 0 heterocycles. The minimum Gasteiger partial charge on any atom is -0.302 e. The zero-order valence-electron chi connectivity index (χ0n) is 9.11. The highest BCUT2D eigenvalue weighted by molar-refractivity contribution is 5.14. The molecule has 0 N–H and O–H groups in total. The summed E-state index contributed by atoms with van der Waals surface area (Å²) in [7, 11) is 2.15. The molecule has 0 saturated carbocycles. The van der Waals surface area contributed by atoms with Gasteiger partial charge in [0.05, 0.1) is 0 Å². The third-order valence-electron chi connectivity index (χ3n) is 2.30. The maximum atomic E-state index is 3.79. The van der Waals surface area contributed by atoms with Gasteiger partial charge in [0.1, 0.15) is 0 Å². The number of benzene rings is 1. The van der Waals surface area contributed by atoms with Crippen LogP contribution in [0.25, 0.3) is 0 Å². The molecular weight excluding hydrogens is 170 g/mol. The van der Waals surface area contributed by atoms with Gasteiger partial charge in [-0.3, -0.25) is 0 Å². The molecule has 76 valence electrons. The Morgan fingerprint density at radius 1 is 1.36 bits per heavy atom. The van der Waals surface area contributed by atoms with E-state index in [0.29, 0.717) is 5.92 Å². The third kappa shape index (κ3) is 3.75. The van der Waals surface area contributed by atoms with Gasteiger partial charge < -0.3 is 4.90 Å². The first-order valence-corrected chi connectivity index (χ1v) is 5.07. The van der Waals surface area contributed by atoms with Crippen LogP contribution < -0.4 is 0 Å². The van der Waals surface area contributed by atoms with Crippen LogP contribution in [0.3, 0.4) is 0 Å². The molecule has 0 spiro atoms. The van der Waals surface area contributed by atoms with E-state index in [1.165, 1.54) is 5.56 Å². The van der Waals surface area contributed by atoms with Crippen molar-refractivity contribution in [1.29, 1.82) is 0 Å². The Morgan fingerprint density at radius 2 is 2.00 bits per heavy atom. The van der Waals surface area contributed by atoms with Gasteiger partial charge in [-0.05, 0) is 18.5 Å². The number of hydrogen-bond acceptors (Lipinski definition) is 1. The molecule has 0 aliphatic carbocycles. The van der Waals surface area contributed by atoms with Crippen molar-refractivity contribution in [3.05, 3.63) is 48.6 Å². The Morgan fingerprint density at radius 3 is 2.57 bits per heavy atom. The van der Waals surface area contributed by atoms with Crippen molar-refractivity contribution in [2.24, 2.45) is 5.92 Å². The number of hydrogen-bond donors (Lipinski definition) is 0. The minimum absolute atomic E-state index is 0.559. The summed E-state index contributed by atoms with van der Waals surface area (Å²) >= 11 is 0. The fourth-order valence-corrected chi connectivity index (χ4v) is 1.53. The summed E-state index contributed by atoms with van der Waals surface area (Å²) in [6.45, 7) is 8.06. The molecule has 1 rings (SSSR count). The van der Waals surface area contributed by atoms with Crippen molar-refractivity contribution in [2.75, 3.05) is 13.6 Å². The van der Waals surface area contributed by atoms with Crippen LogP contribution >= 0.6 is 0 Å². The molecule has 1 unspecified atom stereocenters. The molecule has 1 atom stereocenters. The van der Waals surface area contributed by atoms with E-state index in [-0.39, 0.29) is 0 Å². The first-order valence-electron chi connectivity index (χ1n) is 5.07. The van der Waals surface area contributed by atoms with Gasteiger partial charge in [0.15, 0.2) is 0 Å². The third-order valence-corrected chi connectivity index (χ3v) is 2.30. The predicted molar refractivity (Wildman–Crippen MR) is 62.1 cm³/mol. The fraction of sp³-hybridized carbons (Fsp3) is 0.385. The van der Waals surface area contributed by atoms with Crippen LogP contribution in [0.2, 0.25) is 0 Å². The molecule has 0 aliphatic heterocycles. The molecule has 1 heteroatoms. The van der Waals surface area contributed by atoms with Crippen LogP contribution in [0.15, 0.2) is 43.0 Å². The largest absolute Gasteiger partial charge is 0.302 e. The van der Waals surface area contributed by atoms with Crippen molar-refractivity contribution in [3.8, 4) is 0 Å². The van der Waals surface area contributed by atoms with Crippen LogP contribution in [-0.2, 0) is 6.54 Å². The molecule has 1 aromatic rings. The Balaban J connectivity index is 2.41. The summed E-state index contributed by atoms with van der Waals surface area (Å²) in [4.78, 5) is 2.32. The average Bonchev–Trinajstić information content (AvgIpc) is 2.19. The lowest BCUT2D eigenvalue weighted by atomic mass is 10.1. The summed E-state index contributed by atoms with van der Waals surface area (Å²) in [5, 5.41) is 0. The smallest absolute Gasteiger partial charge is 0.0230 e. The minimum atomic E-state index is 0.559. The summed E-state index contributed by atoms with van der Waals surface area (Å²) in [5.74, 6) is 0.559. The molecule has 0 aliphatic rings. The molecule has 0 fully saturated rings. The van der Waals surface area contributed by atoms with E-state index in [1.54, 1.807) is 0 Å². The van der Waals surface area contributed by atoms with Gasteiger partial charge in [0.2, 0.25) is 0 Å². The van der Waals surface area contributed by atoms with E-state index in [0.717, 1.165) is 13.1 Å². The highest BCUT2D eigenvalue weighted by Crippen LogP contribution is 2.05. The van der Waals surface area contributed by atoms with E-state index in [1.807, 2.05) is 6.08 Å². The summed E-state index contributed by atoms with van der Waals surface area (Å²) in [6, 6.07) is 10.5. The monoisotopic (exact) mass is 189 g/mol. The van der Waals surface area contributed by atoms with E-state index in [2.05, 4.69) is 55.8 Å². The molecule has 0 radical (unpaired) electrons. The first kappa shape index (κ1) is 11.0. The SMILES string of the molecule is C=CC(C)CN(C)Cc1ccccc1. The highest BCUT2D eigenvalue weighted by Gasteiger charge is 2.02. The highest BCUT2D eigenvalue weighted by atomic mass is 15.1. The molecule has 14 heavy (non-hydrogen) atoms. The molecule has 0 aromatic heterocycles. The fourth-order valence-electron chi connectivity index (χ4n) is 1.53.